The zero-order valence-corrected chi connectivity index (χ0v) is 11.5. The molecule has 1 aromatic rings. The van der Waals surface area contributed by atoms with Gasteiger partial charge in [0.05, 0.1) is 16.5 Å². The Morgan fingerprint density at radius 3 is 2.72 bits per heavy atom. The van der Waals surface area contributed by atoms with Crippen LogP contribution in [0, 0.1) is 5.92 Å². The Balaban J connectivity index is 1.80. The number of benzene rings is 1. The molecule has 1 amide bonds. The number of nitrogens with one attached hydrogen (secondary N) is 1. The van der Waals surface area contributed by atoms with E-state index in [2.05, 4.69) is 5.32 Å². The number of rotatable bonds is 5. The van der Waals surface area contributed by atoms with E-state index in [1.54, 1.807) is 18.2 Å². The van der Waals surface area contributed by atoms with E-state index in [0.717, 1.165) is 5.56 Å². The molecule has 1 fully saturated rings. The Morgan fingerprint density at radius 2 is 2.11 bits per heavy atom. The van der Waals surface area contributed by atoms with E-state index in [1.807, 2.05) is 0 Å². The van der Waals surface area contributed by atoms with Crippen LogP contribution in [0.2, 0.25) is 10.0 Å². The van der Waals surface area contributed by atoms with E-state index in [0.29, 0.717) is 28.9 Å². The van der Waals surface area contributed by atoms with Crippen LogP contribution in [0.15, 0.2) is 18.2 Å². The summed E-state index contributed by atoms with van der Waals surface area (Å²) >= 11 is 11.7. The van der Waals surface area contributed by atoms with Crippen LogP contribution in [0.5, 0.6) is 0 Å². The van der Waals surface area contributed by atoms with Crippen molar-refractivity contribution in [1.29, 1.82) is 0 Å². The second-order valence-electron chi connectivity index (χ2n) is 4.73. The Kier molecular flexibility index (Phi) is 4.49. The van der Waals surface area contributed by atoms with E-state index < -0.39 is 0 Å². The van der Waals surface area contributed by atoms with Gasteiger partial charge in [-0.15, -0.1) is 0 Å². The molecular weight excluding hydrogens is 271 g/mol. The quantitative estimate of drug-likeness (QED) is 0.873. The third-order valence-electron chi connectivity index (χ3n) is 3.11. The van der Waals surface area contributed by atoms with Gasteiger partial charge in [-0.25, -0.2) is 0 Å². The Morgan fingerprint density at radius 1 is 1.39 bits per heavy atom. The molecule has 3 nitrogen and oxygen atoms in total. The standard InChI is InChI=1S/C13H16Cl2N2O/c14-10-4-1-8(5-11(10)15)6-13(18)17-7-12(16)9-2-3-9/h1,4-5,9,12H,2-3,6-7,16H2,(H,17,18). The summed E-state index contributed by atoms with van der Waals surface area (Å²) in [5, 5.41) is 3.81. The zero-order chi connectivity index (χ0) is 13.1. The molecule has 0 aromatic heterocycles. The lowest BCUT2D eigenvalue weighted by atomic mass is 10.1. The third-order valence-corrected chi connectivity index (χ3v) is 3.85. The maximum atomic E-state index is 11.7. The van der Waals surface area contributed by atoms with Crippen molar-refractivity contribution in [2.24, 2.45) is 11.7 Å². The zero-order valence-electron chi connectivity index (χ0n) is 9.96. The van der Waals surface area contributed by atoms with Crippen LogP contribution >= 0.6 is 23.2 Å². The second kappa shape index (κ2) is 5.91. The van der Waals surface area contributed by atoms with Gasteiger partial charge in [0, 0.05) is 12.6 Å². The summed E-state index contributed by atoms with van der Waals surface area (Å²) < 4.78 is 0. The molecule has 0 saturated heterocycles. The van der Waals surface area contributed by atoms with Crippen molar-refractivity contribution in [3.63, 3.8) is 0 Å². The predicted octanol–water partition coefficient (Wildman–Crippen LogP) is 2.39. The van der Waals surface area contributed by atoms with Gasteiger partial charge in [0.1, 0.15) is 0 Å². The van der Waals surface area contributed by atoms with Crippen LogP contribution in [-0.4, -0.2) is 18.5 Å². The highest BCUT2D eigenvalue weighted by Gasteiger charge is 2.28. The monoisotopic (exact) mass is 286 g/mol. The fourth-order valence-corrected chi connectivity index (χ4v) is 2.14. The number of carbonyl (C=O) groups excluding carboxylic acids is 1. The smallest absolute Gasteiger partial charge is 0.224 e. The van der Waals surface area contributed by atoms with Crippen molar-refractivity contribution < 1.29 is 4.79 Å². The molecule has 3 N–H and O–H groups in total. The summed E-state index contributed by atoms with van der Waals surface area (Å²) in [6.45, 7) is 0.546. The molecule has 5 heteroatoms. The Labute approximate surface area is 117 Å². The third kappa shape index (κ3) is 3.87. The molecule has 0 aliphatic heterocycles. The van der Waals surface area contributed by atoms with Gasteiger partial charge in [-0.3, -0.25) is 4.79 Å². The highest BCUT2D eigenvalue weighted by Crippen LogP contribution is 2.31. The first-order chi connectivity index (χ1) is 8.56. The van der Waals surface area contributed by atoms with E-state index in [1.165, 1.54) is 12.8 Å². The first kappa shape index (κ1) is 13.7. The molecule has 1 atom stereocenters. The van der Waals surface area contributed by atoms with Crippen LogP contribution in [-0.2, 0) is 11.2 Å². The van der Waals surface area contributed by atoms with Crippen LogP contribution in [0.25, 0.3) is 0 Å². The fraction of sp³-hybridized carbons (Fsp3) is 0.462. The minimum atomic E-state index is -0.0375. The van der Waals surface area contributed by atoms with Gasteiger partial charge >= 0.3 is 0 Å². The number of nitrogens with two attached hydrogens (primary N) is 1. The number of carbonyl (C=O) groups is 1. The van der Waals surface area contributed by atoms with Gasteiger partial charge in [-0.05, 0) is 36.5 Å². The molecule has 0 spiro atoms. The van der Waals surface area contributed by atoms with Gasteiger partial charge in [-0.1, -0.05) is 29.3 Å². The van der Waals surface area contributed by atoms with Gasteiger partial charge in [0.15, 0.2) is 0 Å². The molecule has 1 unspecified atom stereocenters. The number of hydrogen-bond acceptors (Lipinski definition) is 2. The molecule has 2 rings (SSSR count). The van der Waals surface area contributed by atoms with Crippen molar-refractivity contribution in [3.05, 3.63) is 33.8 Å². The summed E-state index contributed by atoms with van der Waals surface area (Å²) in [5.74, 6) is 0.555. The average Bonchev–Trinajstić information content (AvgIpc) is 3.15. The van der Waals surface area contributed by atoms with Crippen LogP contribution < -0.4 is 11.1 Å². The van der Waals surface area contributed by atoms with Gasteiger partial charge in [0.2, 0.25) is 5.91 Å². The Hall–Kier alpha value is -0.770. The van der Waals surface area contributed by atoms with Crippen molar-refractivity contribution in [2.45, 2.75) is 25.3 Å². The van der Waals surface area contributed by atoms with E-state index in [-0.39, 0.29) is 11.9 Å². The molecule has 0 heterocycles. The largest absolute Gasteiger partial charge is 0.354 e. The summed E-state index contributed by atoms with van der Waals surface area (Å²) in [6.07, 6.45) is 2.67. The summed E-state index contributed by atoms with van der Waals surface area (Å²) in [6, 6.07) is 5.30. The van der Waals surface area contributed by atoms with Crippen LogP contribution in [0.3, 0.4) is 0 Å². The minimum absolute atomic E-state index is 0.0375. The molecule has 1 aliphatic carbocycles. The maximum absolute atomic E-state index is 11.7. The van der Waals surface area contributed by atoms with Crippen LogP contribution in [0.4, 0.5) is 0 Å². The average molecular weight is 287 g/mol. The lowest BCUT2D eigenvalue weighted by molar-refractivity contribution is -0.120. The predicted molar refractivity (Wildman–Crippen MR) is 73.9 cm³/mol. The molecule has 0 bridgehead atoms. The molecule has 18 heavy (non-hydrogen) atoms. The lowest BCUT2D eigenvalue weighted by Gasteiger charge is -2.11. The fourth-order valence-electron chi connectivity index (χ4n) is 1.82. The van der Waals surface area contributed by atoms with Gasteiger partial charge < -0.3 is 11.1 Å². The van der Waals surface area contributed by atoms with Crippen molar-refractivity contribution in [2.75, 3.05) is 6.54 Å². The molecule has 1 aliphatic rings. The maximum Gasteiger partial charge on any atom is 0.224 e. The second-order valence-corrected chi connectivity index (χ2v) is 5.54. The number of amides is 1. The minimum Gasteiger partial charge on any atom is -0.354 e. The topological polar surface area (TPSA) is 55.1 Å². The molecule has 98 valence electrons. The van der Waals surface area contributed by atoms with Crippen molar-refractivity contribution in [3.8, 4) is 0 Å². The van der Waals surface area contributed by atoms with Crippen molar-refractivity contribution >= 4 is 29.1 Å². The van der Waals surface area contributed by atoms with E-state index in [9.17, 15) is 4.79 Å². The number of hydrogen-bond donors (Lipinski definition) is 2. The summed E-state index contributed by atoms with van der Waals surface area (Å²) in [4.78, 5) is 11.7. The SMILES string of the molecule is NC(CNC(=O)Cc1ccc(Cl)c(Cl)c1)C1CC1. The van der Waals surface area contributed by atoms with E-state index >= 15 is 0 Å². The van der Waals surface area contributed by atoms with Crippen molar-refractivity contribution in [1.82, 2.24) is 5.32 Å². The summed E-state index contributed by atoms with van der Waals surface area (Å²) in [5.41, 5.74) is 6.76. The first-order valence-corrected chi connectivity index (χ1v) is 6.78. The van der Waals surface area contributed by atoms with Gasteiger partial charge in [-0.2, -0.15) is 0 Å². The van der Waals surface area contributed by atoms with E-state index in [4.69, 9.17) is 28.9 Å². The molecule has 1 aromatic carbocycles. The molecule has 0 radical (unpaired) electrons. The highest BCUT2D eigenvalue weighted by atomic mass is 35.5. The molecular formula is C13H16Cl2N2O. The van der Waals surface area contributed by atoms with Gasteiger partial charge in [0.25, 0.3) is 0 Å². The molecule has 1 saturated carbocycles. The highest BCUT2D eigenvalue weighted by molar-refractivity contribution is 6.42. The number of halogens is 2. The van der Waals surface area contributed by atoms with Crippen LogP contribution in [0.1, 0.15) is 18.4 Å². The Bertz CT molecular complexity index is 447. The first-order valence-electron chi connectivity index (χ1n) is 6.02. The lowest BCUT2D eigenvalue weighted by Crippen LogP contribution is -2.39. The normalized spacial score (nSPS) is 16.4. The summed E-state index contributed by atoms with van der Waals surface area (Å²) in [7, 11) is 0.